The van der Waals surface area contributed by atoms with Crippen LogP contribution < -0.4 is 20.7 Å². The molecule has 0 saturated carbocycles. The first-order chi connectivity index (χ1) is 16.7. The van der Waals surface area contributed by atoms with Gasteiger partial charge in [-0.25, -0.2) is 14.8 Å². The molecule has 3 amide bonds. The van der Waals surface area contributed by atoms with E-state index in [1.54, 1.807) is 36.5 Å². The summed E-state index contributed by atoms with van der Waals surface area (Å²) in [5, 5.41) is 8.29. The first-order valence-electron chi connectivity index (χ1n) is 11.1. The smallest absolute Gasteiger partial charge is 0.321 e. The fraction of sp³-hybridized carbons (Fsp3) is 0.292. The van der Waals surface area contributed by atoms with Crippen molar-refractivity contribution in [3.05, 3.63) is 48.7 Å². The first kappa shape index (κ1) is 23.7. The van der Waals surface area contributed by atoms with E-state index >= 15 is 0 Å². The third-order valence-electron chi connectivity index (χ3n) is 4.99. The maximum atomic E-state index is 12.6. The third-order valence-corrected chi connectivity index (χ3v) is 4.99. The van der Waals surface area contributed by atoms with E-state index in [0.717, 1.165) is 11.3 Å². The molecule has 0 spiro atoms. The topological polar surface area (TPSA) is 139 Å². The van der Waals surface area contributed by atoms with Gasteiger partial charge in [0.25, 0.3) is 5.91 Å². The second-order valence-electron chi connectivity index (χ2n) is 8.91. The Balaban J connectivity index is 1.80. The number of ether oxygens (including phenoxy) is 1. The molecule has 0 fully saturated rings. The normalized spacial score (nSPS) is 11.3. The van der Waals surface area contributed by atoms with Crippen LogP contribution in [0.25, 0.3) is 28.0 Å². The van der Waals surface area contributed by atoms with E-state index in [4.69, 9.17) is 4.74 Å². The largest absolute Gasteiger partial charge is 0.497 e. The van der Waals surface area contributed by atoms with E-state index in [0.29, 0.717) is 40.7 Å². The molecule has 0 aliphatic rings. The first-order valence-corrected chi connectivity index (χ1v) is 11.1. The Kier molecular flexibility index (Phi) is 6.41. The molecule has 0 unspecified atom stereocenters. The molecule has 0 saturated heterocycles. The van der Waals surface area contributed by atoms with E-state index < -0.39 is 0 Å². The minimum atomic E-state index is -0.381. The zero-order chi connectivity index (χ0) is 25.2. The number of hydrogen-bond donors (Lipinski definition) is 4. The molecule has 0 atom stereocenters. The van der Waals surface area contributed by atoms with E-state index in [1.165, 1.54) is 0 Å². The van der Waals surface area contributed by atoms with Crippen molar-refractivity contribution in [3.63, 3.8) is 0 Å². The number of aromatic amines is 1. The lowest BCUT2D eigenvalue weighted by Gasteiger charge is -2.19. The van der Waals surface area contributed by atoms with Crippen molar-refractivity contribution in [2.45, 2.75) is 33.2 Å². The highest BCUT2D eigenvalue weighted by molar-refractivity contribution is 5.97. The second-order valence-corrected chi connectivity index (χ2v) is 8.91. The number of carbonyl (C=O) groups is 2. The molecule has 11 heteroatoms. The lowest BCUT2D eigenvalue weighted by Crippen LogP contribution is -2.40. The number of H-pyrrole nitrogens is 1. The Bertz CT molecular complexity index is 1380. The van der Waals surface area contributed by atoms with Crippen LogP contribution in [0.5, 0.6) is 5.75 Å². The number of carbonyl (C=O) groups excluding carboxylic acids is 2. The van der Waals surface area contributed by atoms with Crippen LogP contribution in [0.4, 0.5) is 10.7 Å². The summed E-state index contributed by atoms with van der Waals surface area (Å²) in [5.41, 5.74) is 3.30. The monoisotopic (exact) mass is 476 g/mol. The van der Waals surface area contributed by atoms with E-state index in [1.807, 2.05) is 45.9 Å². The van der Waals surface area contributed by atoms with Gasteiger partial charge in [-0.1, -0.05) is 0 Å². The van der Waals surface area contributed by atoms with E-state index in [9.17, 15) is 9.59 Å². The highest BCUT2D eigenvalue weighted by Gasteiger charge is 2.19. The van der Waals surface area contributed by atoms with Gasteiger partial charge in [-0.05, 0) is 45.9 Å². The zero-order valence-electron chi connectivity index (χ0n) is 20.3. The van der Waals surface area contributed by atoms with Crippen molar-refractivity contribution in [2.24, 2.45) is 0 Å². The molecule has 1 aromatic carbocycles. The summed E-state index contributed by atoms with van der Waals surface area (Å²) in [6.45, 7) is 8.05. The summed E-state index contributed by atoms with van der Waals surface area (Å²) >= 11 is 0. The van der Waals surface area contributed by atoms with Crippen molar-refractivity contribution in [1.29, 1.82) is 0 Å². The van der Waals surface area contributed by atoms with Gasteiger partial charge in [0.1, 0.15) is 17.8 Å². The van der Waals surface area contributed by atoms with Crippen LogP contribution in [-0.4, -0.2) is 55.6 Å². The van der Waals surface area contributed by atoms with Gasteiger partial charge in [0.2, 0.25) is 5.95 Å². The molecule has 0 bridgehead atoms. The Hall–Kier alpha value is -4.41. The SMILES string of the molecule is CCNC(=O)Nc1nc2cc(-n3cnc(C(=O)NC(C)(C)C)c3)cc(-c3cc(OC)ccn3)c2[nH]1. The number of hydrogen-bond acceptors (Lipinski definition) is 6. The minimum Gasteiger partial charge on any atom is -0.497 e. The number of aromatic nitrogens is 5. The lowest BCUT2D eigenvalue weighted by molar-refractivity contribution is 0.0915. The summed E-state index contributed by atoms with van der Waals surface area (Å²) in [6.07, 6.45) is 4.89. The summed E-state index contributed by atoms with van der Waals surface area (Å²) in [6, 6.07) is 6.95. The standard InChI is InChI=1S/C24H28N8O3/c1-6-25-23(34)30-22-28-18-10-14(32-12-19(27-13-32)21(33)31-24(2,3)4)9-16(20(18)29-22)17-11-15(35-5)7-8-26-17/h7-13H,6H2,1-5H3,(H,31,33)(H3,25,28,29,30,34). The molecule has 0 radical (unpaired) electrons. The van der Waals surface area contributed by atoms with E-state index in [-0.39, 0.29) is 17.5 Å². The van der Waals surface area contributed by atoms with Crippen molar-refractivity contribution in [2.75, 3.05) is 19.0 Å². The van der Waals surface area contributed by atoms with Gasteiger partial charge in [0, 0.05) is 41.8 Å². The quantitative estimate of drug-likeness (QED) is 0.336. The number of nitrogens with one attached hydrogen (secondary N) is 4. The summed E-state index contributed by atoms with van der Waals surface area (Å²) in [4.78, 5) is 41.1. The van der Waals surface area contributed by atoms with Gasteiger partial charge >= 0.3 is 6.03 Å². The Morgan fingerprint density at radius 2 is 1.97 bits per heavy atom. The maximum absolute atomic E-state index is 12.6. The van der Waals surface area contributed by atoms with Crippen LogP contribution in [0.3, 0.4) is 0 Å². The lowest BCUT2D eigenvalue weighted by atomic mass is 10.1. The number of imidazole rings is 2. The van der Waals surface area contributed by atoms with Gasteiger partial charge in [-0.3, -0.25) is 15.1 Å². The number of rotatable bonds is 6. The molecule has 0 aliphatic carbocycles. The highest BCUT2D eigenvalue weighted by atomic mass is 16.5. The van der Waals surface area contributed by atoms with Crippen LogP contribution >= 0.6 is 0 Å². The number of urea groups is 1. The number of fused-ring (bicyclic) bond motifs is 1. The molecule has 3 heterocycles. The average Bonchev–Trinajstić information content (AvgIpc) is 3.44. The number of nitrogens with zero attached hydrogens (tertiary/aromatic N) is 4. The van der Waals surface area contributed by atoms with Crippen LogP contribution in [0.15, 0.2) is 43.0 Å². The average molecular weight is 477 g/mol. The second kappa shape index (κ2) is 9.45. The highest BCUT2D eigenvalue weighted by Crippen LogP contribution is 2.31. The molecule has 11 nitrogen and oxygen atoms in total. The van der Waals surface area contributed by atoms with Crippen LogP contribution in [-0.2, 0) is 0 Å². The van der Waals surface area contributed by atoms with Crippen LogP contribution in [0.2, 0.25) is 0 Å². The molecule has 4 aromatic rings. The molecular weight excluding hydrogens is 448 g/mol. The number of benzene rings is 1. The van der Waals surface area contributed by atoms with Crippen molar-refractivity contribution in [3.8, 4) is 22.7 Å². The molecule has 4 N–H and O–H groups in total. The van der Waals surface area contributed by atoms with E-state index in [2.05, 4.69) is 35.9 Å². The van der Waals surface area contributed by atoms with Gasteiger partial charge < -0.3 is 24.9 Å². The predicted octanol–water partition coefficient (Wildman–Crippen LogP) is 3.49. The Morgan fingerprint density at radius 1 is 1.17 bits per heavy atom. The molecule has 0 aliphatic heterocycles. The number of methoxy groups -OCH3 is 1. The summed E-state index contributed by atoms with van der Waals surface area (Å²) < 4.78 is 7.11. The van der Waals surface area contributed by atoms with Crippen molar-refractivity contribution in [1.82, 2.24) is 35.1 Å². The predicted molar refractivity (Wildman–Crippen MR) is 133 cm³/mol. The summed E-state index contributed by atoms with van der Waals surface area (Å²) in [5.74, 6) is 0.681. The van der Waals surface area contributed by atoms with Crippen LogP contribution in [0, 0.1) is 0 Å². The molecule has 3 aromatic heterocycles. The molecule has 35 heavy (non-hydrogen) atoms. The fourth-order valence-corrected chi connectivity index (χ4v) is 3.49. The van der Waals surface area contributed by atoms with Gasteiger partial charge in [-0.2, -0.15) is 0 Å². The summed E-state index contributed by atoms with van der Waals surface area (Å²) in [7, 11) is 1.59. The Morgan fingerprint density at radius 3 is 2.69 bits per heavy atom. The molecule has 182 valence electrons. The maximum Gasteiger partial charge on any atom is 0.321 e. The van der Waals surface area contributed by atoms with Crippen molar-refractivity contribution < 1.29 is 14.3 Å². The van der Waals surface area contributed by atoms with Crippen molar-refractivity contribution >= 4 is 28.9 Å². The minimum absolute atomic E-state index is 0.264. The Labute approximate surface area is 202 Å². The third kappa shape index (κ3) is 5.40. The van der Waals surface area contributed by atoms with Gasteiger partial charge in [0.05, 0.1) is 23.8 Å². The number of amides is 3. The fourth-order valence-electron chi connectivity index (χ4n) is 3.49. The van der Waals surface area contributed by atoms with Gasteiger partial charge in [-0.15, -0.1) is 0 Å². The zero-order valence-corrected chi connectivity index (χ0v) is 20.3. The van der Waals surface area contributed by atoms with Gasteiger partial charge in [0.15, 0.2) is 0 Å². The number of pyridine rings is 1. The molecule has 4 rings (SSSR count). The molecular formula is C24H28N8O3. The van der Waals surface area contributed by atoms with Crippen LogP contribution in [0.1, 0.15) is 38.2 Å². The number of anilines is 1.